The maximum Gasteiger partial charge on any atom is 0.408 e. The Morgan fingerprint density at radius 1 is 1.42 bits per heavy atom. The Morgan fingerprint density at radius 2 is 2.16 bits per heavy atom. The minimum absolute atomic E-state index is 0.210. The molecule has 1 aromatic carbocycles. The van der Waals surface area contributed by atoms with Gasteiger partial charge in [0.1, 0.15) is 18.8 Å². The van der Waals surface area contributed by atoms with Crippen LogP contribution in [0, 0.1) is 0 Å². The fourth-order valence-corrected chi connectivity index (χ4v) is 2.32. The number of ether oxygens (including phenoxy) is 2. The molecule has 1 heterocycles. The minimum atomic E-state index is -0.621. The molecule has 0 spiro atoms. The van der Waals surface area contributed by atoms with Crippen molar-refractivity contribution in [3.63, 3.8) is 0 Å². The van der Waals surface area contributed by atoms with Gasteiger partial charge in [-0.25, -0.2) is 9.59 Å². The largest absolute Gasteiger partial charge is 0.459 e. The summed E-state index contributed by atoms with van der Waals surface area (Å²) in [6.07, 6.45) is -0.347. The van der Waals surface area contributed by atoms with Crippen molar-refractivity contribution in [2.24, 2.45) is 0 Å². The molecule has 1 unspecified atom stereocenters. The number of carbonyl (C=O) groups is 2. The second-order valence-corrected chi connectivity index (χ2v) is 5.09. The summed E-state index contributed by atoms with van der Waals surface area (Å²) in [6.45, 7) is 0.210. The third kappa shape index (κ3) is 4.09. The fourth-order valence-electron chi connectivity index (χ4n) is 1.78. The molecule has 1 aromatic rings. The smallest absolute Gasteiger partial charge is 0.408 e. The highest BCUT2D eigenvalue weighted by Crippen LogP contribution is 2.14. The third-order valence-electron chi connectivity index (χ3n) is 2.74. The quantitative estimate of drug-likeness (QED) is 0.497. The van der Waals surface area contributed by atoms with E-state index in [1.54, 1.807) is 0 Å². The van der Waals surface area contributed by atoms with Crippen molar-refractivity contribution in [2.45, 2.75) is 25.2 Å². The van der Waals surface area contributed by atoms with Crippen LogP contribution in [0.3, 0.4) is 0 Å². The van der Waals surface area contributed by atoms with Crippen LogP contribution in [0.25, 0.3) is 0 Å². The Balaban J connectivity index is 1.87. The van der Waals surface area contributed by atoms with Crippen molar-refractivity contribution in [1.82, 2.24) is 5.32 Å². The highest BCUT2D eigenvalue weighted by Gasteiger charge is 2.32. The lowest BCUT2D eigenvalue weighted by molar-refractivity contribution is -0.149. The zero-order valence-corrected chi connectivity index (χ0v) is 12.3. The number of cyclic esters (lactones) is 1. The molecule has 102 valence electrons. The van der Waals surface area contributed by atoms with Crippen LogP contribution in [0.4, 0.5) is 4.79 Å². The van der Waals surface area contributed by atoms with E-state index in [4.69, 9.17) is 9.47 Å². The van der Waals surface area contributed by atoms with E-state index in [-0.39, 0.29) is 12.7 Å². The second kappa shape index (κ2) is 6.74. The highest BCUT2D eigenvalue weighted by molar-refractivity contribution is 14.1. The monoisotopic (exact) mass is 375 g/mol. The number of rotatable bonds is 4. The van der Waals surface area contributed by atoms with E-state index in [1.165, 1.54) is 0 Å². The lowest BCUT2D eigenvalue weighted by Gasteiger charge is -2.27. The SMILES string of the molecule is O=C1N[C@H](C(=O)OCc2ccccc2)CC(CI)O1. The number of halogens is 1. The zero-order valence-electron chi connectivity index (χ0n) is 10.2. The number of hydrogen-bond donors (Lipinski definition) is 1. The molecule has 0 aliphatic carbocycles. The Kier molecular flexibility index (Phi) is 5.00. The number of hydrogen-bond acceptors (Lipinski definition) is 4. The molecule has 1 fully saturated rings. The molecule has 2 atom stereocenters. The molecule has 1 aliphatic heterocycles. The van der Waals surface area contributed by atoms with Gasteiger partial charge < -0.3 is 14.8 Å². The number of benzene rings is 1. The van der Waals surface area contributed by atoms with Gasteiger partial charge in [0.25, 0.3) is 0 Å². The number of amides is 1. The van der Waals surface area contributed by atoms with Crippen molar-refractivity contribution in [2.75, 3.05) is 4.43 Å². The number of alkyl halides is 1. The van der Waals surface area contributed by atoms with Crippen LogP contribution in [0.1, 0.15) is 12.0 Å². The zero-order chi connectivity index (χ0) is 13.7. The van der Waals surface area contributed by atoms with Gasteiger partial charge in [0, 0.05) is 10.8 Å². The minimum Gasteiger partial charge on any atom is -0.459 e. The van der Waals surface area contributed by atoms with Crippen LogP contribution in [-0.4, -0.2) is 28.6 Å². The summed E-state index contributed by atoms with van der Waals surface area (Å²) in [5.41, 5.74) is 0.916. The molecule has 1 saturated heterocycles. The van der Waals surface area contributed by atoms with E-state index in [0.29, 0.717) is 10.8 Å². The summed E-state index contributed by atoms with van der Waals surface area (Å²) in [4.78, 5) is 23.2. The summed E-state index contributed by atoms with van der Waals surface area (Å²) in [7, 11) is 0. The topological polar surface area (TPSA) is 64.6 Å². The number of esters is 1. The van der Waals surface area contributed by atoms with Crippen LogP contribution in [-0.2, 0) is 20.9 Å². The average molecular weight is 375 g/mol. The van der Waals surface area contributed by atoms with Gasteiger partial charge in [0.15, 0.2) is 0 Å². The normalized spacial score (nSPS) is 22.3. The van der Waals surface area contributed by atoms with E-state index < -0.39 is 18.1 Å². The molecule has 0 aromatic heterocycles. The van der Waals surface area contributed by atoms with Gasteiger partial charge in [0.2, 0.25) is 0 Å². The van der Waals surface area contributed by atoms with Gasteiger partial charge in [0.05, 0.1) is 0 Å². The number of alkyl carbamates (subject to hydrolysis) is 1. The molecule has 1 aliphatic rings. The molecule has 1 N–H and O–H groups in total. The fraction of sp³-hybridized carbons (Fsp3) is 0.385. The predicted molar refractivity (Wildman–Crippen MR) is 76.9 cm³/mol. The molecule has 1 amide bonds. The van der Waals surface area contributed by atoms with Gasteiger partial charge in [-0.15, -0.1) is 0 Å². The average Bonchev–Trinajstić information content (AvgIpc) is 2.45. The summed E-state index contributed by atoms with van der Waals surface area (Å²) in [6, 6.07) is 8.80. The second-order valence-electron chi connectivity index (χ2n) is 4.21. The van der Waals surface area contributed by atoms with Crippen LogP contribution in [0.5, 0.6) is 0 Å². The van der Waals surface area contributed by atoms with Crippen LogP contribution in [0.15, 0.2) is 30.3 Å². The van der Waals surface area contributed by atoms with Gasteiger partial charge in [-0.05, 0) is 5.56 Å². The maximum atomic E-state index is 11.9. The summed E-state index contributed by atoms with van der Waals surface area (Å²) in [5.74, 6) is -0.421. The molecule has 0 radical (unpaired) electrons. The first-order chi connectivity index (χ1) is 9.19. The Morgan fingerprint density at radius 3 is 2.84 bits per heavy atom. The molecule has 6 heteroatoms. The predicted octanol–water partition coefficient (Wildman–Crippen LogP) is 2.03. The molecule has 0 bridgehead atoms. The Hall–Kier alpha value is -1.31. The van der Waals surface area contributed by atoms with E-state index in [0.717, 1.165) is 5.56 Å². The van der Waals surface area contributed by atoms with Crippen molar-refractivity contribution in [1.29, 1.82) is 0 Å². The van der Waals surface area contributed by atoms with Crippen LogP contribution < -0.4 is 5.32 Å². The van der Waals surface area contributed by atoms with Crippen LogP contribution >= 0.6 is 22.6 Å². The summed E-state index contributed by atoms with van der Waals surface area (Å²) < 4.78 is 10.9. The third-order valence-corrected chi connectivity index (χ3v) is 3.73. The first-order valence-electron chi connectivity index (χ1n) is 5.92. The van der Waals surface area contributed by atoms with E-state index >= 15 is 0 Å². The van der Waals surface area contributed by atoms with E-state index in [1.807, 2.05) is 30.3 Å². The highest BCUT2D eigenvalue weighted by atomic mass is 127. The van der Waals surface area contributed by atoms with Crippen molar-refractivity contribution < 1.29 is 19.1 Å². The Bertz CT molecular complexity index is 451. The standard InChI is InChI=1S/C13H14INO4/c14-7-10-6-11(15-13(17)19-10)12(16)18-8-9-4-2-1-3-5-9/h1-5,10-11H,6-8H2,(H,15,17)/t10?,11-/m0/s1. The molecule has 19 heavy (non-hydrogen) atoms. The molecule has 5 nitrogen and oxygen atoms in total. The number of nitrogens with one attached hydrogen (secondary N) is 1. The van der Waals surface area contributed by atoms with E-state index in [2.05, 4.69) is 27.9 Å². The van der Waals surface area contributed by atoms with E-state index in [9.17, 15) is 9.59 Å². The van der Waals surface area contributed by atoms with Crippen molar-refractivity contribution >= 4 is 34.7 Å². The lowest BCUT2D eigenvalue weighted by Crippen LogP contribution is -2.50. The van der Waals surface area contributed by atoms with Gasteiger partial charge in [-0.1, -0.05) is 52.9 Å². The first-order valence-corrected chi connectivity index (χ1v) is 7.45. The Labute approximate surface area is 124 Å². The first kappa shape index (κ1) is 14.1. The van der Waals surface area contributed by atoms with Crippen LogP contribution in [0.2, 0.25) is 0 Å². The summed E-state index contributed by atoms with van der Waals surface area (Å²) >= 11 is 2.12. The molecule has 0 saturated carbocycles. The molecular weight excluding hydrogens is 361 g/mol. The lowest BCUT2D eigenvalue weighted by atomic mass is 10.1. The maximum absolute atomic E-state index is 11.9. The summed E-state index contributed by atoms with van der Waals surface area (Å²) in [5, 5.41) is 2.48. The van der Waals surface area contributed by atoms with Crippen molar-refractivity contribution in [3.05, 3.63) is 35.9 Å². The van der Waals surface area contributed by atoms with Gasteiger partial charge in [-0.3, -0.25) is 0 Å². The molecular formula is C13H14INO4. The van der Waals surface area contributed by atoms with Crippen molar-refractivity contribution in [3.8, 4) is 0 Å². The van der Waals surface area contributed by atoms with Gasteiger partial charge >= 0.3 is 12.1 Å². The number of carbonyl (C=O) groups excluding carboxylic acids is 2. The molecule has 2 rings (SSSR count). The van der Waals surface area contributed by atoms with Gasteiger partial charge in [-0.2, -0.15) is 0 Å².